The number of aliphatic hydroxyl groups excluding tert-OH is 1. The van der Waals surface area contributed by atoms with Gasteiger partial charge in [0, 0.05) is 11.8 Å². The lowest BCUT2D eigenvalue weighted by molar-refractivity contribution is -0.209. The summed E-state index contributed by atoms with van der Waals surface area (Å²) in [5, 5.41) is 23.1. The lowest BCUT2D eigenvalue weighted by atomic mass is 9.34. The van der Waals surface area contributed by atoms with E-state index in [1.807, 2.05) is 0 Å². The van der Waals surface area contributed by atoms with E-state index in [0.29, 0.717) is 30.5 Å². The van der Waals surface area contributed by atoms with E-state index in [0.717, 1.165) is 44.9 Å². The van der Waals surface area contributed by atoms with Crippen molar-refractivity contribution in [3.63, 3.8) is 0 Å². The molecule has 0 radical (unpaired) electrons. The van der Waals surface area contributed by atoms with E-state index in [-0.39, 0.29) is 39.1 Å². The summed E-state index contributed by atoms with van der Waals surface area (Å²) in [6, 6.07) is 0. The fourth-order valence-corrected chi connectivity index (χ4v) is 10.3. The molecular formula is C29H46O3. The van der Waals surface area contributed by atoms with E-state index in [9.17, 15) is 15.0 Å². The van der Waals surface area contributed by atoms with E-state index < -0.39 is 5.60 Å². The zero-order valence-corrected chi connectivity index (χ0v) is 21.6. The SMILES string of the molecule is CC1(C)CC[C@H]2C(=O)C[C@@]3(C)C(=CC[C@H]4[C@@]5(C)CC[C@@H](O)C(C)(C)[C@@H]5CC[C@]43C)[C@]2(O)C1. The monoisotopic (exact) mass is 442 g/mol. The van der Waals surface area contributed by atoms with Gasteiger partial charge in [-0.15, -0.1) is 0 Å². The Labute approximate surface area is 195 Å². The predicted molar refractivity (Wildman–Crippen MR) is 128 cm³/mol. The molecular weight excluding hydrogens is 396 g/mol. The maximum absolute atomic E-state index is 13.6. The van der Waals surface area contributed by atoms with Gasteiger partial charge in [-0.25, -0.2) is 0 Å². The Hall–Kier alpha value is -0.670. The Bertz CT molecular complexity index is 870. The number of hydrogen-bond acceptors (Lipinski definition) is 3. The third kappa shape index (κ3) is 2.65. The number of carbonyl (C=O) groups excluding carboxylic acids is 1. The molecule has 5 rings (SSSR count). The Kier molecular flexibility index (Phi) is 4.69. The van der Waals surface area contributed by atoms with Crippen LogP contribution in [-0.4, -0.2) is 27.7 Å². The standard InChI is InChI=1S/C29H46O3/c1-24(2)13-10-18-19(30)16-28(7)22(29(18,32)17-24)9-8-21-26(5)14-12-23(31)25(3,4)20(26)11-15-27(21,28)6/h9,18,20-21,23,31-32H,8,10-17H2,1-7H3/t18-,20-,21-,23+,26-,27+,28-,29-/m0/s1. The minimum Gasteiger partial charge on any atom is -0.393 e. The van der Waals surface area contributed by atoms with Gasteiger partial charge >= 0.3 is 0 Å². The van der Waals surface area contributed by atoms with Crippen LogP contribution in [0.2, 0.25) is 0 Å². The fourth-order valence-electron chi connectivity index (χ4n) is 10.3. The highest BCUT2D eigenvalue weighted by atomic mass is 16.3. The molecule has 3 nitrogen and oxygen atoms in total. The summed E-state index contributed by atoms with van der Waals surface area (Å²) in [4.78, 5) is 13.6. The Balaban J connectivity index is 1.62. The highest BCUT2D eigenvalue weighted by molar-refractivity contribution is 5.86. The van der Waals surface area contributed by atoms with Gasteiger partial charge in [-0.05, 0) is 90.4 Å². The van der Waals surface area contributed by atoms with E-state index in [1.165, 1.54) is 5.57 Å². The molecule has 0 unspecified atom stereocenters. The zero-order chi connectivity index (χ0) is 23.5. The lowest BCUT2D eigenvalue weighted by Gasteiger charge is -2.71. The van der Waals surface area contributed by atoms with Gasteiger partial charge in [-0.1, -0.05) is 54.5 Å². The average Bonchev–Trinajstić information content (AvgIpc) is 2.64. The van der Waals surface area contributed by atoms with Crippen LogP contribution < -0.4 is 0 Å². The summed E-state index contributed by atoms with van der Waals surface area (Å²) >= 11 is 0. The smallest absolute Gasteiger partial charge is 0.140 e. The molecule has 4 saturated carbocycles. The molecule has 2 N–H and O–H groups in total. The third-order valence-corrected chi connectivity index (χ3v) is 12.3. The van der Waals surface area contributed by atoms with Crippen LogP contribution in [0.3, 0.4) is 0 Å². The normalized spacial score (nSPS) is 53.9. The van der Waals surface area contributed by atoms with Crippen molar-refractivity contribution in [2.75, 3.05) is 0 Å². The van der Waals surface area contributed by atoms with Gasteiger partial charge in [0.05, 0.1) is 17.6 Å². The summed E-state index contributed by atoms with van der Waals surface area (Å²) in [5.41, 5.74) is 0.111. The van der Waals surface area contributed by atoms with Gasteiger partial charge in [0.15, 0.2) is 0 Å². The van der Waals surface area contributed by atoms with E-state index in [1.54, 1.807) is 0 Å². The quantitative estimate of drug-likeness (QED) is 0.447. The molecule has 0 bridgehead atoms. The van der Waals surface area contributed by atoms with Crippen LogP contribution in [0.25, 0.3) is 0 Å². The highest BCUT2D eigenvalue weighted by Crippen LogP contribution is 2.74. The van der Waals surface area contributed by atoms with Gasteiger partial charge in [0.1, 0.15) is 5.78 Å². The Morgan fingerprint density at radius 2 is 1.59 bits per heavy atom. The lowest BCUT2D eigenvalue weighted by Crippen LogP contribution is -2.67. The molecule has 0 spiro atoms. The molecule has 0 heterocycles. The van der Waals surface area contributed by atoms with E-state index >= 15 is 0 Å². The molecule has 32 heavy (non-hydrogen) atoms. The van der Waals surface area contributed by atoms with Crippen LogP contribution in [0, 0.1) is 44.8 Å². The number of Topliss-reactive ketones (excluding diaryl/α,β-unsaturated/α-hetero) is 1. The Morgan fingerprint density at radius 3 is 2.28 bits per heavy atom. The fraction of sp³-hybridized carbons (Fsp3) is 0.897. The van der Waals surface area contributed by atoms with Gasteiger partial charge in [0.25, 0.3) is 0 Å². The molecule has 5 aliphatic rings. The number of rotatable bonds is 0. The third-order valence-electron chi connectivity index (χ3n) is 12.3. The van der Waals surface area contributed by atoms with Crippen LogP contribution in [0.15, 0.2) is 11.6 Å². The van der Waals surface area contributed by atoms with Crippen LogP contribution in [0.4, 0.5) is 0 Å². The molecule has 4 fully saturated rings. The number of carbonyl (C=O) groups is 1. The molecule has 8 atom stereocenters. The topological polar surface area (TPSA) is 57.5 Å². The van der Waals surface area contributed by atoms with Crippen LogP contribution in [0.1, 0.15) is 106 Å². The number of fused-ring (bicyclic) bond motifs is 7. The molecule has 5 aliphatic carbocycles. The second-order valence-corrected chi connectivity index (χ2v) is 14.6. The summed E-state index contributed by atoms with van der Waals surface area (Å²) in [6.45, 7) is 16.3. The van der Waals surface area contributed by atoms with Crippen LogP contribution in [0.5, 0.6) is 0 Å². The first-order chi connectivity index (χ1) is 14.6. The first kappa shape index (κ1) is 23.1. The summed E-state index contributed by atoms with van der Waals surface area (Å²) in [7, 11) is 0. The van der Waals surface area contributed by atoms with Gasteiger partial charge < -0.3 is 10.2 Å². The number of allylic oxidation sites excluding steroid dienone is 1. The van der Waals surface area contributed by atoms with Gasteiger partial charge in [0.2, 0.25) is 0 Å². The van der Waals surface area contributed by atoms with Crippen molar-refractivity contribution in [3.8, 4) is 0 Å². The summed E-state index contributed by atoms with van der Waals surface area (Å²) in [5.74, 6) is 1.07. The van der Waals surface area contributed by atoms with Crippen molar-refractivity contribution in [1.82, 2.24) is 0 Å². The molecule has 0 aromatic rings. The molecule has 0 saturated heterocycles. The highest BCUT2D eigenvalue weighted by Gasteiger charge is 2.70. The van der Waals surface area contributed by atoms with Gasteiger partial charge in [-0.2, -0.15) is 0 Å². The molecule has 3 heteroatoms. The minimum atomic E-state index is -0.973. The maximum Gasteiger partial charge on any atom is 0.140 e. The van der Waals surface area contributed by atoms with Crippen molar-refractivity contribution in [1.29, 1.82) is 0 Å². The van der Waals surface area contributed by atoms with E-state index in [4.69, 9.17) is 0 Å². The molecule has 0 aromatic carbocycles. The van der Waals surface area contributed by atoms with Crippen LogP contribution in [-0.2, 0) is 4.79 Å². The first-order valence-corrected chi connectivity index (χ1v) is 13.3. The molecule has 180 valence electrons. The summed E-state index contributed by atoms with van der Waals surface area (Å²) in [6.07, 6.45) is 10.4. The second-order valence-electron chi connectivity index (χ2n) is 14.6. The number of hydrogen-bond donors (Lipinski definition) is 2. The summed E-state index contributed by atoms with van der Waals surface area (Å²) < 4.78 is 0. The molecule has 0 amide bonds. The Morgan fingerprint density at radius 1 is 0.906 bits per heavy atom. The predicted octanol–water partition coefficient (Wildman–Crippen LogP) is 6.07. The van der Waals surface area contributed by atoms with E-state index in [2.05, 4.69) is 54.5 Å². The van der Waals surface area contributed by atoms with Crippen molar-refractivity contribution in [2.45, 2.75) is 118 Å². The van der Waals surface area contributed by atoms with Crippen molar-refractivity contribution in [3.05, 3.63) is 11.6 Å². The number of ketones is 1. The van der Waals surface area contributed by atoms with Crippen LogP contribution >= 0.6 is 0 Å². The number of aliphatic hydroxyl groups is 2. The average molecular weight is 443 g/mol. The molecule has 0 aromatic heterocycles. The second kappa shape index (κ2) is 6.51. The first-order valence-electron chi connectivity index (χ1n) is 13.3. The van der Waals surface area contributed by atoms with Gasteiger partial charge in [-0.3, -0.25) is 4.79 Å². The largest absolute Gasteiger partial charge is 0.393 e. The van der Waals surface area contributed by atoms with Crippen molar-refractivity contribution >= 4 is 5.78 Å². The zero-order valence-electron chi connectivity index (χ0n) is 21.6. The minimum absolute atomic E-state index is 0.00133. The molecule has 0 aliphatic heterocycles. The van der Waals surface area contributed by atoms with Crippen molar-refractivity contribution in [2.24, 2.45) is 44.8 Å². The van der Waals surface area contributed by atoms with Crippen molar-refractivity contribution < 1.29 is 15.0 Å². The maximum atomic E-state index is 13.6.